The average Bonchev–Trinajstić information content (AvgIpc) is 2.39. The molecular formula is C15H16O3. The number of ether oxygens (including phenoxy) is 1. The van der Waals surface area contributed by atoms with Crippen LogP contribution < -0.4 is 0 Å². The van der Waals surface area contributed by atoms with Crippen LogP contribution in [0.4, 0.5) is 0 Å². The summed E-state index contributed by atoms with van der Waals surface area (Å²) in [6.45, 7) is 2.48. The minimum Gasteiger partial charge on any atom is -0.507 e. The number of carbonyl (C=O) groups is 1. The van der Waals surface area contributed by atoms with Crippen LogP contribution in [0.25, 0.3) is 10.8 Å². The fourth-order valence-corrected chi connectivity index (χ4v) is 1.86. The third kappa shape index (κ3) is 2.45. The van der Waals surface area contributed by atoms with Crippen molar-refractivity contribution in [2.75, 3.05) is 6.61 Å². The van der Waals surface area contributed by atoms with Crippen LogP contribution in [-0.4, -0.2) is 17.7 Å². The standard InChI is InChI=1S/C15H16O3/c1-2-3-10-18-15(17)13-8-4-7-12-11(13)6-5-9-14(12)16/h4-9,16H,2-3,10H2,1H3. The molecule has 0 spiro atoms. The molecule has 94 valence electrons. The lowest BCUT2D eigenvalue weighted by molar-refractivity contribution is 0.0502. The van der Waals surface area contributed by atoms with Gasteiger partial charge in [0.1, 0.15) is 5.75 Å². The average molecular weight is 244 g/mol. The molecule has 0 aliphatic heterocycles. The number of benzene rings is 2. The maximum absolute atomic E-state index is 11.9. The topological polar surface area (TPSA) is 46.5 Å². The summed E-state index contributed by atoms with van der Waals surface area (Å²) in [7, 11) is 0. The van der Waals surface area contributed by atoms with E-state index in [2.05, 4.69) is 0 Å². The molecule has 0 aliphatic carbocycles. The highest BCUT2D eigenvalue weighted by atomic mass is 16.5. The highest BCUT2D eigenvalue weighted by Gasteiger charge is 2.12. The lowest BCUT2D eigenvalue weighted by atomic mass is 10.0. The van der Waals surface area contributed by atoms with Crippen molar-refractivity contribution < 1.29 is 14.6 Å². The number of phenolic OH excluding ortho intramolecular Hbond substituents is 1. The fourth-order valence-electron chi connectivity index (χ4n) is 1.86. The Kier molecular flexibility index (Phi) is 3.82. The van der Waals surface area contributed by atoms with Crippen molar-refractivity contribution in [2.45, 2.75) is 19.8 Å². The minimum atomic E-state index is -0.334. The first-order valence-electron chi connectivity index (χ1n) is 6.12. The van der Waals surface area contributed by atoms with Crippen LogP contribution >= 0.6 is 0 Å². The molecule has 0 saturated carbocycles. The van der Waals surface area contributed by atoms with Gasteiger partial charge in [-0.25, -0.2) is 4.79 Å². The molecule has 2 rings (SSSR count). The molecule has 0 atom stereocenters. The minimum absolute atomic E-state index is 0.177. The van der Waals surface area contributed by atoms with Crippen molar-refractivity contribution in [1.82, 2.24) is 0 Å². The summed E-state index contributed by atoms with van der Waals surface area (Å²) in [4.78, 5) is 11.9. The summed E-state index contributed by atoms with van der Waals surface area (Å²) in [5.41, 5.74) is 0.500. The molecule has 2 aromatic rings. The van der Waals surface area contributed by atoms with Crippen LogP contribution in [0, 0.1) is 0 Å². The Morgan fingerprint density at radius 1 is 1.17 bits per heavy atom. The number of hydrogen-bond donors (Lipinski definition) is 1. The zero-order valence-corrected chi connectivity index (χ0v) is 10.3. The number of unbranched alkanes of at least 4 members (excludes halogenated alkanes) is 1. The molecule has 0 saturated heterocycles. The quantitative estimate of drug-likeness (QED) is 0.661. The summed E-state index contributed by atoms with van der Waals surface area (Å²) in [6, 6.07) is 10.4. The summed E-state index contributed by atoms with van der Waals surface area (Å²) in [5.74, 6) is -0.157. The molecule has 0 radical (unpaired) electrons. The third-order valence-electron chi connectivity index (χ3n) is 2.85. The van der Waals surface area contributed by atoms with Gasteiger partial charge in [0.15, 0.2) is 0 Å². The number of phenols is 1. The molecule has 0 fully saturated rings. The van der Waals surface area contributed by atoms with Crippen LogP contribution in [0.15, 0.2) is 36.4 Å². The predicted molar refractivity (Wildman–Crippen MR) is 70.8 cm³/mol. The van der Waals surface area contributed by atoms with E-state index in [1.165, 1.54) is 0 Å². The monoisotopic (exact) mass is 244 g/mol. The van der Waals surface area contributed by atoms with E-state index in [0.717, 1.165) is 18.2 Å². The van der Waals surface area contributed by atoms with E-state index in [1.54, 1.807) is 30.3 Å². The molecule has 0 unspecified atom stereocenters. The van der Waals surface area contributed by atoms with Gasteiger partial charge in [-0.2, -0.15) is 0 Å². The summed E-state index contributed by atoms with van der Waals surface area (Å²) in [6.07, 6.45) is 1.85. The Balaban J connectivity index is 2.33. The Morgan fingerprint density at radius 2 is 1.89 bits per heavy atom. The van der Waals surface area contributed by atoms with Crippen molar-refractivity contribution in [3.63, 3.8) is 0 Å². The molecule has 2 aromatic carbocycles. The number of carbonyl (C=O) groups excluding carboxylic acids is 1. The van der Waals surface area contributed by atoms with Gasteiger partial charge in [-0.3, -0.25) is 0 Å². The van der Waals surface area contributed by atoms with Crippen LogP contribution in [0.2, 0.25) is 0 Å². The zero-order valence-electron chi connectivity index (χ0n) is 10.3. The molecule has 0 bridgehead atoms. The van der Waals surface area contributed by atoms with Gasteiger partial charge in [-0.05, 0) is 23.9 Å². The van der Waals surface area contributed by atoms with Gasteiger partial charge in [-0.1, -0.05) is 37.6 Å². The maximum atomic E-state index is 11.9. The number of aromatic hydroxyl groups is 1. The lowest BCUT2D eigenvalue weighted by Gasteiger charge is -2.07. The Labute approximate surface area is 106 Å². The van der Waals surface area contributed by atoms with E-state index in [0.29, 0.717) is 17.6 Å². The van der Waals surface area contributed by atoms with Crippen molar-refractivity contribution in [3.8, 4) is 5.75 Å². The van der Waals surface area contributed by atoms with Gasteiger partial charge in [0.25, 0.3) is 0 Å². The van der Waals surface area contributed by atoms with E-state index < -0.39 is 0 Å². The van der Waals surface area contributed by atoms with Gasteiger partial charge in [-0.15, -0.1) is 0 Å². The van der Waals surface area contributed by atoms with Crippen molar-refractivity contribution >= 4 is 16.7 Å². The first-order chi connectivity index (χ1) is 8.74. The van der Waals surface area contributed by atoms with Crippen LogP contribution in [0.3, 0.4) is 0 Å². The van der Waals surface area contributed by atoms with Crippen molar-refractivity contribution in [1.29, 1.82) is 0 Å². The molecule has 3 heteroatoms. The second-order valence-electron chi connectivity index (χ2n) is 4.17. The number of rotatable bonds is 4. The Morgan fingerprint density at radius 3 is 2.67 bits per heavy atom. The third-order valence-corrected chi connectivity index (χ3v) is 2.85. The largest absolute Gasteiger partial charge is 0.507 e. The van der Waals surface area contributed by atoms with Crippen LogP contribution in [-0.2, 0) is 4.74 Å². The van der Waals surface area contributed by atoms with Gasteiger partial charge in [0, 0.05) is 5.39 Å². The van der Waals surface area contributed by atoms with Gasteiger partial charge in [0.05, 0.1) is 12.2 Å². The van der Waals surface area contributed by atoms with Gasteiger partial charge < -0.3 is 9.84 Å². The summed E-state index contributed by atoms with van der Waals surface area (Å²) < 4.78 is 5.20. The second kappa shape index (κ2) is 5.54. The van der Waals surface area contributed by atoms with E-state index in [4.69, 9.17) is 4.74 Å². The maximum Gasteiger partial charge on any atom is 0.338 e. The highest BCUT2D eigenvalue weighted by Crippen LogP contribution is 2.27. The second-order valence-corrected chi connectivity index (χ2v) is 4.17. The Hall–Kier alpha value is -2.03. The van der Waals surface area contributed by atoms with E-state index in [-0.39, 0.29) is 11.7 Å². The first kappa shape index (κ1) is 12.4. The number of hydrogen-bond acceptors (Lipinski definition) is 3. The van der Waals surface area contributed by atoms with Crippen LogP contribution in [0.5, 0.6) is 5.75 Å². The summed E-state index contributed by atoms with van der Waals surface area (Å²) in [5, 5.41) is 11.1. The van der Waals surface area contributed by atoms with E-state index in [9.17, 15) is 9.90 Å². The molecule has 0 amide bonds. The van der Waals surface area contributed by atoms with Gasteiger partial charge >= 0.3 is 5.97 Å². The predicted octanol–water partition coefficient (Wildman–Crippen LogP) is 3.50. The fraction of sp³-hybridized carbons (Fsp3) is 0.267. The van der Waals surface area contributed by atoms with Crippen molar-refractivity contribution in [2.24, 2.45) is 0 Å². The summed E-state index contributed by atoms with van der Waals surface area (Å²) >= 11 is 0. The molecule has 3 nitrogen and oxygen atoms in total. The number of esters is 1. The van der Waals surface area contributed by atoms with Gasteiger partial charge in [0.2, 0.25) is 0 Å². The molecule has 0 aliphatic rings. The first-order valence-corrected chi connectivity index (χ1v) is 6.12. The van der Waals surface area contributed by atoms with E-state index in [1.807, 2.05) is 13.0 Å². The molecule has 1 N–H and O–H groups in total. The smallest absolute Gasteiger partial charge is 0.338 e. The van der Waals surface area contributed by atoms with E-state index >= 15 is 0 Å². The van der Waals surface area contributed by atoms with Crippen LogP contribution in [0.1, 0.15) is 30.1 Å². The molecule has 18 heavy (non-hydrogen) atoms. The number of fused-ring (bicyclic) bond motifs is 1. The highest BCUT2D eigenvalue weighted by molar-refractivity contribution is 6.06. The molecule has 0 aromatic heterocycles. The lowest BCUT2D eigenvalue weighted by Crippen LogP contribution is -2.06. The normalized spacial score (nSPS) is 10.5. The zero-order chi connectivity index (χ0) is 13.0. The molecule has 0 heterocycles. The van der Waals surface area contributed by atoms with Crippen molar-refractivity contribution in [3.05, 3.63) is 42.0 Å². The SMILES string of the molecule is CCCCOC(=O)c1cccc2c(O)cccc12. The Bertz CT molecular complexity index is 561. The molecular weight excluding hydrogens is 228 g/mol.